The van der Waals surface area contributed by atoms with E-state index in [1.165, 1.54) is 0 Å². The molecule has 4 N–H and O–H groups in total. The van der Waals surface area contributed by atoms with E-state index in [1.807, 2.05) is 22.6 Å². The molecular weight excluding hydrogens is 376 g/mol. The van der Waals surface area contributed by atoms with Gasteiger partial charge < -0.3 is 5.73 Å². The first kappa shape index (κ1) is 14.0. The molecule has 1 rings (SSSR count). The van der Waals surface area contributed by atoms with Crippen LogP contribution >= 0.6 is 45.8 Å². The number of nitrogens with zero attached hydrogens (tertiary/aromatic N) is 2. The largest absolute Gasteiger partial charge is 0.382 e. The van der Waals surface area contributed by atoms with Crippen LogP contribution in [0.2, 0.25) is 10.0 Å². The molecule has 17 heavy (non-hydrogen) atoms. The molecule has 5 nitrogen and oxygen atoms in total. The second kappa shape index (κ2) is 6.05. The molecule has 0 aromatic heterocycles. The Labute approximate surface area is 121 Å². The van der Waals surface area contributed by atoms with Crippen LogP contribution in [-0.2, 0) is 0 Å². The smallest absolute Gasteiger partial charge is 0.201 e. The molecule has 88 valence electrons. The van der Waals surface area contributed by atoms with Gasteiger partial charge in [0.25, 0.3) is 0 Å². The minimum Gasteiger partial charge on any atom is -0.382 e. The van der Waals surface area contributed by atoms with Gasteiger partial charge in [-0.15, -0.1) is 0 Å². The van der Waals surface area contributed by atoms with E-state index in [-0.39, 0.29) is 5.71 Å². The number of nitrogens with two attached hydrogens (primary N) is 1. The first-order valence-electron chi connectivity index (χ1n) is 4.18. The van der Waals surface area contributed by atoms with Crippen molar-refractivity contribution >= 4 is 63.0 Å². The lowest BCUT2D eigenvalue weighted by Gasteiger charge is -2.07. The number of rotatable bonds is 3. The molecule has 0 aliphatic heterocycles. The van der Waals surface area contributed by atoms with Crippen LogP contribution < -0.4 is 11.2 Å². The maximum Gasteiger partial charge on any atom is 0.201 e. The topological polar surface area (TPSA) is 98.0 Å². The van der Waals surface area contributed by atoms with Crippen LogP contribution in [0.25, 0.3) is 0 Å². The van der Waals surface area contributed by atoms with Crippen LogP contribution in [0.4, 0.5) is 5.69 Å². The Morgan fingerprint density at radius 3 is 2.65 bits per heavy atom. The lowest BCUT2D eigenvalue weighted by Crippen LogP contribution is -2.22. The van der Waals surface area contributed by atoms with E-state index in [0.29, 0.717) is 15.7 Å². The van der Waals surface area contributed by atoms with Crippen molar-refractivity contribution < 1.29 is 0 Å². The SMILES string of the molecule is N#C/C(=N\Nc1c(Cl)cc(Cl)cc1I)C(=N)N. The summed E-state index contributed by atoms with van der Waals surface area (Å²) in [4.78, 5) is 0. The molecule has 0 fully saturated rings. The van der Waals surface area contributed by atoms with Crippen molar-refractivity contribution in [2.45, 2.75) is 0 Å². The molecule has 0 radical (unpaired) electrons. The summed E-state index contributed by atoms with van der Waals surface area (Å²) in [5, 5.41) is 20.3. The van der Waals surface area contributed by atoms with Crippen molar-refractivity contribution in [3.8, 4) is 6.07 Å². The minimum atomic E-state index is -0.417. The minimum absolute atomic E-state index is 0.216. The third-order valence-electron chi connectivity index (χ3n) is 1.65. The van der Waals surface area contributed by atoms with E-state index in [0.717, 1.165) is 3.57 Å². The highest BCUT2D eigenvalue weighted by atomic mass is 127. The molecule has 0 aliphatic rings. The average Bonchev–Trinajstić information content (AvgIpc) is 2.21. The summed E-state index contributed by atoms with van der Waals surface area (Å²) in [7, 11) is 0. The van der Waals surface area contributed by atoms with Gasteiger partial charge in [-0.25, -0.2) is 0 Å². The molecule has 1 aromatic rings. The Hall–Kier alpha value is -1.04. The fraction of sp³-hybridized carbons (Fsp3) is 0. The number of hydrogen-bond acceptors (Lipinski definition) is 4. The van der Waals surface area contributed by atoms with Crippen molar-refractivity contribution in [2.75, 3.05) is 5.43 Å². The highest BCUT2D eigenvalue weighted by Crippen LogP contribution is 2.31. The standard InChI is InChI=1S/C9H6Cl2IN5/c10-4-1-5(11)8(6(12)2-4)17-16-7(3-13)9(14)15/h1-2,17H,(H3,14,15)/b16-7+. The van der Waals surface area contributed by atoms with Crippen molar-refractivity contribution in [3.05, 3.63) is 25.7 Å². The Morgan fingerprint density at radius 2 is 2.18 bits per heavy atom. The number of hydrogen-bond donors (Lipinski definition) is 3. The quantitative estimate of drug-likeness (QED) is 0.325. The maximum atomic E-state index is 8.66. The molecule has 0 spiro atoms. The molecule has 0 amide bonds. The molecule has 1 aromatic carbocycles. The molecule has 0 saturated carbocycles. The van der Waals surface area contributed by atoms with E-state index < -0.39 is 5.84 Å². The van der Waals surface area contributed by atoms with Crippen LogP contribution in [0, 0.1) is 20.3 Å². The van der Waals surface area contributed by atoms with Gasteiger partial charge in [-0.1, -0.05) is 23.2 Å². The van der Waals surface area contributed by atoms with Crippen LogP contribution in [0.15, 0.2) is 17.2 Å². The monoisotopic (exact) mass is 381 g/mol. The third-order valence-corrected chi connectivity index (χ3v) is 3.01. The van der Waals surface area contributed by atoms with Gasteiger partial charge in [-0.3, -0.25) is 10.8 Å². The van der Waals surface area contributed by atoms with Crippen molar-refractivity contribution in [3.63, 3.8) is 0 Å². The molecule has 0 bridgehead atoms. The average molecular weight is 382 g/mol. The number of benzene rings is 1. The Kier molecular flexibility index (Phi) is 4.99. The van der Waals surface area contributed by atoms with Gasteiger partial charge in [0, 0.05) is 8.59 Å². The second-order valence-corrected chi connectivity index (χ2v) is 4.85. The van der Waals surface area contributed by atoms with Crippen LogP contribution in [-0.4, -0.2) is 11.5 Å². The zero-order chi connectivity index (χ0) is 13.0. The predicted octanol–water partition coefficient (Wildman–Crippen LogP) is 2.83. The van der Waals surface area contributed by atoms with Gasteiger partial charge in [0.2, 0.25) is 5.71 Å². The lowest BCUT2D eigenvalue weighted by atomic mass is 10.3. The third kappa shape index (κ3) is 3.73. The number of anilines is 1. The Bertz CT molecular complexity index is 512. The zero-order valence-corrected chi connectivity index (χ0v) is 11.9. The summed E-state index contributed by atoms with van der Waals surface area (Å²) in [6.45, 7) is 0. The Balaban J connectivity index is 3.05. The van der Waals surface area contributed by atoms with Crippen molar-refractivity contribution in [1.82, 2.24) is 0 Å². The lowest BCUT2D eigenvalue weighted by molar-refractivity contribution is 1.32. The zero-order valence-electron chi connectivity index (χ0n) is 8.26. The summed E-state index contributed by atoms with van der Waals surface area (Å²) in [6.07, 6.45) is 0. The van der Waals surface area contributed by atoms with Crippen molar-refractivity contribution in [2.24, 2.45) is 10.8 Å². The predicted molar refractivity (Wildman–Crippen MR) is 77.8 cm³/mol. The first-order chi connectivity index (χ1) is 7.95. The number of nitrogens with one attached hydrogen (secondary N) is 2. The number of amidine groups is 1. The molecule has 0 heterocycles. The highest BCUT2D eigenvalue weighted by molar-refractivity contribution is 14.1. The van der Waals surface area contributed by atoms with Gasteiger partial charge in [0.05, 0.1) is 10.7 Å². The molecular formula is C9H6Cl2IN5. The van der Waals surface area contributed by atoms with E-state index in [4.69, 9.17) is 39.6 Å². The normalized spacial score (nSPS) is 10.8. The summed E-state index contributed by atoms with van der Waals surface area (Å²) < 4.78 is 0.740. The summed E-state index contributed by atoms with van der Waals surface area (Å²) in [5.74, 6) is -0.417. The van der Waals surface area contributed by atoms with Gasteiger partial charge in [0.1, 0.15) is 6.07 Å². The van der Waals surface area contributed by atoms with Crippen LogP contribution in [0.1, 0.15) is 0 Å². The van der Waals surface area contributed by atoms with Gasteiger partial charge in [0.15, 0.2) is 5.84 Å². The van der Waals surface area contributed by atoms with Crippen molar-refractivity contribution in [1.29, 1.82) is 10.7 Å². The number of nitriles is 1. The number of halogens is 3. The second-order valence-electron chi connectivity index (χ2n) is 2.84. The summed E-state index contributed by atoms with van der Waals surface area (Å²) in [5.41, 5.74) is 8.02. The fourth-order valence-electron chi connectivity index (χ4n) is 0.906. The molecule has 0 atom stereocenters. The van der Waals surface area contributed by atoms with E-state index >= 15 is 0 Å². The molecule has 0 saturated heterocycles. The van der Waals surface area contributed by atoms with E-state index in [1.54, 1.807) is 18.2 Å². The Morgan fingerprint density at radius 1 is 1.53 bits per heavy atom. The first-order valence-corrected chi connectivity index (χ1v) is 6.02. The summed E-state index contributed by atoms with van der Waals surface area (Å²) >= 11 is 13.8. The molecule has 0 aliphatic carbocycles. The van der Waals surface area contributed by atoms with Gasteiger partial charge in [-0.2, -0.15) is 10.4 Å². The fourth-order valence-corrected chi connectivity index (χ4v) is 2.53. The highest BCUT2D eigenvalue weighted by Gasteiger charge is 2.08. The summed E-state index contributed by atoms with van der Waals surface area (Å²) in [6, 6.07) is 4.92. The van der Waals surface area contributed by atoms with Crippen LogP contribution in [0.5, 0.6) is 0 Å². The maximum absolute atomic E-state index is 8.66. The molecule has 8 heteroatoms. The van der Waals surface area contributed by atoms with E-state index in [9.17, 15) is 0 Å². The number of hydrazone groups is 1. The van der Waals surface area contributed by atoms with E-state index in [2.05, 4.69) is 10.5 Å². The van der Waals surface area contributed by atoms with Crippen LogP contribution in [0.3, 0.4) is 0 Å². The van der Waals surface area contributed by atoms with Gasteiger partial charge >= 0.3 is 0 Å². The van der Waals surface area contributed by atoms with Gasteiger partial charge in [-0.05, 0) is 34.7 Å². The molecule has 0 unspecified atom stereocenters.